The summed E-state index contributed by atoms with van der Waals surface area (Å²) in [4.78, 5) is 5.65. The van der Waals surface area contributed by atoms with Gasteiger partial charge < -0.3 is 14.4 Å². The van der Waals surface area contributed by atoms with E-state index in [4.69, 9.17) is 32.7 Å². The number of nitrogens with one attached hydrogen (secondary N) is 1. The molecule has 34 heavy (non-hydrogen) atoms. The van der Waals surface area contributed by atoms with Crippen molar-refractivity contribution in [1.29, 1.82) is 0 Å². The number of ether oxygens (including phenoxy) is 2. The SMILES string of the molecule is COc1cc2[nH]nc(-c3cc(F)c(N4CCC4)c(F)c3)c2cc1O[C@H](C)c1c(Cl)cncc1Cl. The maximum Gasteiger partial charge on any atom is 0.162 e. The number of fused-ring (bicyclic) bond motifs is 1. The molecule has 3 heterocycles. The summed E-state index contributed by atoms with van der Waals surface area (Å²) < 4.78 is 41.3. The zero-order chi connectivity index (χ0) is 24.0. The van der Waals surface area contributed by atoms with E-state index in [9.17, 15) is 8.78 Å². The average molecular weight is 505 g/mol. The molecule has 2 aromatic carbocycles. The van der Waals surface area contributed by atoms with Crippen molar-refractivity contribution >= 4 is 39.8 Å². The molecule has 0 radical (unpaired) electrons. The van der Waals surface area contributed by atoms with Gasteiger partial charge in [0.15, 0.2) is 11.5 Å². The summed E-state index contributed by atoms with van der Waals surface area (Å²) in [5.74, 6) is -0.397. The summed E-state index contributed by atoms with van der Waals surface area (Å²) in [6, 6.07) is 6.03. The van der Waals surface area contributed by atoms with Crippen LogP contribution in [-0.2, 0) is 0 Å². The highest BCUT2D eigenvalue weighted by Crippen LogP contribution is 2.41. The molecular weight excluding hydrogens is 485 g/mol. The van der Waals surface area contributed by atoms with E-state index in [0.717, 1.165) is 6.42 Å². The number of hydrogen-bond donors (Lipinski definition) is 1. The summed E-state index contributed by atoms with van der Waals surface area (Å²) in [6.45, 7) is 3.08. The van der Waals surface area contributed by atoms with Gasteiger partial charge in [0.05, 0.1) is 22.7 Å². The lowest BCUT2D eigenvalue weighted by Crippen LogP contribution is -2.38. The van der Waals surface area contributed by atoms with E-state index in [1.165, 1.54) is 31.6 Å². The molecule has 6 nitrogen and oxygen atoms in total. The first-order valence-electron chi connectivity index (χ1n) is 10.6. The molecule has 176 valence electrons. The molecule has 1 N–H and O–H groups in total. The molecule has 0 spiro atoms. The van der Waals surface area contributed by atoms with Crippen LogP contribution >= 0.6 is 23.2 Å². The van der Waals surface area contributed by atoms with Crippen molar-refractivity contribution in [3.63, 3.8) is 0 Å². The molecule has 1 aliphatic heterocycles. The Morgan fingerprint density at radius 2 is 1.71 bits per heavy atom. The highest BCUT2D eigenvalue weighted by atomic mass is 35.5. The van der Waals surface area contributed by atoms with Crippen molar-refractivity contribution in [2.24, 2.45) is 0 Å². The predicted molar refractivity (Wildman–Crippen MR) is 128 cm³/mol. The number of benzene rings is 2. The van der Waals surface area contributed by atoms with E-state index < -0.39 is 17.7 Å². The summed E-state index contributed by atoms with van der Waals surface area (Å²) in [5.41, 5.74) is 1.91. The molecule has 2 aromatic heterocycles. The van der Waals surface area contributed by atoms with Crippen LogP contribution in [0.4, 0.5) is 14.5 Å². The number of H-pyrrole nitrogens is 1. The van der Waals surface area contributed by atoms with Gasteiger partial charge >= 0.3 is 0 Å². The first kappa shape index (κ1) is 22.7. The van der Waals surface area contributed by atoms with Crippen molar-refractivity contribution in [3.05, 3.63) is 63.9 Å². The maximum absolute atomic E-state index is 14.8. The second-order valence-electron chi connectivity index (χ2n) is 8.03. The first-order chi connectivity index (χ1) is 16.4. The Balaban J connectivity index is 1.55. The standard InChI is InChI=1S/C24H20Cl2F2N4O2/c1-12(22-15(25)10-29-11-16(22)26)34-21-8-14-19(9-20(21)33-2)30-31-23(14)13-6-17(27)24(18(28)7-13)32-4-3-5-32/h6-12H,3-5H2,1-2H3,(H,30,31)/t12-/m1/s1. The lowest BCUT2D eigenvalue weighted by Gasteiger charge is -2.33. The van der Waals surface area contributed by atoms with Gasteiger partial charge in [-0.15, -0.1) is 0 Å². The number of nitrogens with zero attached hydrogens (tertiary/aromatic N) is 3. The van der Waals surface area contributed by atoms with Gasteiger partial charge in [-0.2, -0.15) is 5.10 Å². The lowest BCUT2D eigenvalue weighted by atomic mass is 10.0. The number of anilines is 1. The summed E-state index contributed by atoms with van der Waals surface area (Å²) >= 11 is 12.6. The van der Waals surface area contributed by atoms with Crippen molar-refractivity contribution in [1.82, 2.24) is 15.2 Å². The third-order valence-electron chi connectivity index (χ3n) is 5.91. The Kier molecular flexibility index (Phi) is 5.95. The Bertz CT molecular complexity index is 1350. The van der Waals surface area contributed by atoms with Crippen LogP contribution in [-0.4, -0.2) is 35.4 Å². The van der Waals surface area contributed by atoms with Crippen LogP contribution in [0.15, 0.2) is 36.7 Å². The maximum atomic E-state index is 14.8. The minimum atomic E-state index is -0.619. The van der Waals surface area contributed by atoms with Crippen LogP contribution < -0.4 is 14.4 Å². The minimum Gasteiger partial charge on any atom is -0.493 e. The van der Waals surface area contributed by atoms with Crippen LogP contribution in [0.25, 0.3) is 22.2 Å². The Labute approximate surface area is 204 Å². The molecule has 0 bridgehead atoms. The van der Waals surface area contributed by atoms with E-state index in [1.54, 1.807) is 24.0 Å². The molecule has 1 atom stereocenters. The fraction of sp³-hybridized carbons (Fsp3) is 0.250. The average Bonchev–Trinajstić information content (AvgIpc) is 3.16. The molecule has 1 aliphatic rings. The highest BCUT2D eigenvalue weighted by molar-refractivity contribution is 6.35. The quantitative estimate of drug-likeness (QED) is 0.321. The van der Waals surface area contributed by atoms with Gasteiger partial charge in [-0.1, -0.05) is 23.2 Å². The number of aromatic amines is 1. The Hall–Kier alpha value is -3.10. The molecule has 0 saturated carbocycles. The molecule has 4 aromatic rings. The van der Waals surface area contributed by atoms with E-state index in [1.807, 2.05) is 0 Å². The smallest absolute Gasteiger partial charge is 0.162 e. The van der Waals surface area contributed by atoms with Crippen molar-refractivity contribution < 1.29 is 18.3 Å². The lowest BCUT2D eigenvalue weighted by molar-refractivity contribution is 0.216. The van der Waals surface area contributed by atoms with Crippen LogP contribution in [0, 0.1) is 11.6 Å². The molecule has 1 saturated heterocycles. The van der Waals surface area contributed by atoms with Crippen molar-refractivity contribution in [2.45, 2.75) is 19.4 Å². The molecule has 0 amide bonds. The minimum absolute atomic E-state index is 0.000431. The molecule has 5 rings (SSSR count). The monoisotopic (exact) mass is 504 g/mol. The zero-order valence-corrected chi connectivity index (χ0v) is 19.8. The third-order valence-corrected chi connectivity index (χ3v) is 6.51. The largest absolute Gasteiger partial charge is 0.493 e. The number of hydrogen-bond acceptors (Lipinski definition) is 5. The fourth-order valence-electron chi connectivity index (χ4n) is 4.10. The van der Waals surface area contributed by atoms with Gasteiger partial charge in [0, 0.05) is 48.1 Å². The molecule has 10 heteroatoms. The number of halogens is 4. The van der Waals surface area contributed by atoms with Gasteiger partial charge in [0.2, 0.25) is 0 Å². The second-order valence-corrected chi connectivity index (χ2v) is 8.84. The Morgan fingerprint density at radius 3 is 2.29 bits per heavy atom. The van der Waals surface area contributed by atoms with E-state index in [-0.39, 0.29) is 5.69 Å². The van der Waals surface area contributed by atoms with E-state index >= 15 is 0 Å². The van der Waals surface area contributed by atoms with Gasteiger partial charge in [0.25, 0.3) is 0 Å². The van der Waals surface area contributed by atoms with Crippen LogP contribution in [0.3, 0.4) is 0 Å². The second kappa shape index (κ2) is 8.92. The summed E-state index contributed by atoms with van der Waals surface area (Å²) in [6.07, 6.45) is 3.37. The number of aromatic nitrogens is 3. The number of methoxy groups -OCH3 is 1. The van der Waals surface area contributed by atoms with E-state index in [2.05, 4.69) is 15.2 Å². The Morgan fingerprint density at radius 1 is 1.03 bits per heavy atom. The van der Waals surface area contributed by atoms with Crippen LogP contribution in [0.1, 0.15) is 25.0 Å². The normalized spacial score (nSPS) is 14.2. The predicted octanol–water partition coefficient (Wildman–Crippen LogP) is 6.57. The highest BCUT2D eigenvalue weighted by Gasteiger charge is 2.25. The van der Waals surface area contributed by atoms with Gasteiger partial charge in [-0.3, -0.25) is 10.1 Å². The summed E-state index contributed by atoms with van der Waals surface area (Å²) in [7, 11) is 1.52. The topological polar surface area (TPSA) is 63.3 Å². The first-order valence-corrected chi connectivity index (χ1v) is 11.4. The number of pyridine rings is 1. The van der Waals surface area contributed by atoms with Gasteiger partial charge in [-0.25, -0.2) is 8.78 Å². The molecular formula is C24H20Cl2F2N4O2. The van der Waals surface area contributed by atoms with Crippen molar-refractivity contribution in [2.75, 3.05) is 25.1 Å². The number of rotatable bonds is 6. The third kappa shape index (κ3) is 3.91. The molecule has 1 fully saturated rings. The fourth-order valence-corrected chi connectivity index (χ4v) is 4.77. The van der Waals surface area contributed by atoms with Crippen LogP contribution in [0.5, 0.6) is 11.5 Å². The van der Waals surface area contributed by atoms with Crippen molar-refractivity contribution in [3.8, 4) is 22.8 Å². The van der Waals surface area contributed by atoms with E-state index in [0.29, 0.717) is 62.4 Å². The van der Waals surface area contributed by atoms with Gasteiger partial charge in [0.1, 0.15) is 29.1 Å². The zero-order valence-electron chi connectivity index (χ0n) is 18.3. The van der Waals surface area contributed by atoms with Gasteiger partial charge in [-0.05, 0) is 31.5 Å². The molecule has 0 aliphatic carbocycles. The summed E-state index contributed by atoms with van der Waals surface area (Å²) in [5, 5.41) is 8.57. The van der Waals surface area contributed by atoms with Crippen LogP contribution in [0.2, 0.25) is 10.0 Å². The molecule has 0 unspecified atom stereocenters.